The molecule has 8 nitrogen and oxygen atoms in total. The molecule has 3 fully saturated rings. The van der Waals surface area contributed by atoms with Crippen molar-refractivity contribution in [2.75, 3.05) is 36.4 Å². The van der Waals surface area contributed by atoms with Crippen molar-refractivity contribution >= 4 is 40.8 Å². The van der Waals surface area contributed by atoms with Gasteiger partial charge in [0, 0.05) is 41.6 Å². The lowest BCUT2D eigenvalue weighted by atomic mass is 9.67. The molecule has 1 aliphatic carbocycles. The first kappa shape index (κ1) is 26.0. The van der Waals surface area contributed by atoms with Crippen LogP contribution in [-0.4, -0.2) is 58.2 Å². The molecule has 0 radical (unpaired) electrons. The number of anilines is 2. The molecule has 0 amide bonds. The van der Waals surface area contributed by atoms with Gasteiger partial charge in [0.25, 0.3) is 0 Å². The predicted molar refractivity (Wildman–Crippen MR) is 144 cm³/mol. The molecule has 37 heavy (non-hydrogen) atoms. The first-order valence-corrected chi connectivity index (χ1v) is 13.6. The number of halogens is 2. The van der Waals surface area contributed by atoms with Crippen LogP contribution in [0.25, 0.3) is 0 Å². The summed E-state index contributed by atoms with van der Waals surface area (Å²) in [6.45, 7) is 8.07. The Morgan fingerprint density at radius 3 is 2.76 bits per heavy atom. The van der Waals surface area contributed by atoms with Gasteiger partial charge >= 0.3 is 5.97 Å². The number of aliphatic carboxylic acids is 1. The van der Waals surface area contributed by atoms with E-state index in [0.29, 0.717) is 39.3 Å². The second kappa shape index (κ2) is 10.3. The van der Waals surface area contributed by atoms with Crippen molar-refractivity contribution in [2.24, 2.45) is 17.3 Å². The fraction of sp³-hybridized carbons (Fsp3) is 0.556. The Bertz CT molecular complexity index is 1220. The molecule has 1 aromatic heterocycles. The zero-order chi connectivity index (χ0) is 26.3. The van der Waals surface area contributed by atoms with E-state index < -0.39 is 5.97 Å². The molecule has 0 unspecified atom stereocenters. The minimum absolute atomic E-state index is 0.122. The van der Waals surface area contributed by atoms with Gasteiger partial charge < -0.3 is 15.3 Å². The summed E-state index contributed by atoms with van der Waals surface area (Å²) in [6.07, 6.45) is 5.42. The zero-order valence-corrected chi connectivity index (χ0v) is 22.6. The van der Waals surface area contributed by atoms with Crippen molar-refractivity contribution in [2.45, 2.75) is 51.6 Å². The molecular weight excluding hydrogens is 511 g/mol. The highest BCUT2D eigenvalue weighted by atomic mass is 35.5. The van der Waals surface area contributed by atoms with Gasteiger partial charge in [-0.3, -0.25) is 9.69 Å². The summed E-state index contributed by atoms with van der Waals surface area (Å²) in [7, 11) is 0. The molecular formula is C27H32Cl2N6O2. The van der Waals surface area contributed by atoms with Crippen LogP contribution in [-0.2, 0) is 4.79 Å². The summed E-state index contributed by atoms with van der Waals surface area (Å²) in [5, 5.41) is 23.4. The van der Waals surface area contributed by atoms with Crippen molar-refractivity contribution in [3.05, 3.63) is 45.7 Å². The van der Waals surface area contributed by atoms with Crippen LogP contribution in [0.3, 0.4) is 0 Å². The van der Waals surface area contributed by atoms with E-state index in [-0.39, 0.29) is 17.4 Å². The molecule has 0 spiro atoms. The second-order valence-corrected chi connectivity index (χ2v) is 11.9. The summed E-state index contributed by atoms with van der Waals surface area (Å²) in [5.41, 5.74) is 1.39. The van der Waals surface area contributed by atoms with Crippen LogP contribution in [0.2, 0.25) is 10.0 Å². The van der Waals surface area contributed by atoms with E-state index in [1.54, 1.807) is 18.3 Å². The molecule has 1 aromatic carbocycles. The highest BCUT2D eigenvalue weighted by Gasteiger charge is 2.48. The van der Waals surface area contributed by atoms with Gasteiger partial charge in [-0.05, 0) is 62.3 Å². The lowest BCUT2D eigenvalue weighted by Gasteiger charge is -2.55. The van der Waals surface area contributed by atoms with Crippen molar-refractivity contribution in [1.29, 1.82) is 5.26 Å². The first-order chi connectivity index (χ1) is 17.7. The number of hydrogen-bond donors (Lipinski definition) is 2. The van der Waals surface area contributed by atoms with E-state index in [1.807, 2.05) is 13.0 Å². The summed E-state index contributed by atoms with van der Waals surface area (Å²) in [6, 6.07) is 7.88. The number of nitrogens with one attached hydrogen (secondary N) is 1. The second-order valence-electron chi connectivity index (χ2n) is 11.1. The van der Waals surface area contributed by atoms with E-state index in [1.165, 1.54) is 0 Å². The molecule has 3 aliphatic rings. The summed E-state index contributed by atoms with van der Waals surface area (Å²) in [4.78, 5) is 25.0. The summed E-state index contributed by atoms with van der Waals surface area (Å²) in [5.74, 6) is 0.839. The van der Waals surface area contributed by atoms with Crippen LogP contribution in [0.1, 0.15) is 56.8 Å². The number of rotatable bonds is 7. The Morgan fingerprint density at radius 1 is 1.32 bits per heavy atom. The maximum atomic E-state index is 11.2. The van der Waals surface area contributed by atoms with Gasteiger partial charge in [-0.25, -0.2) is 9.97 Å². The monoisotopic (exact) mass is 542 g/mol. The smallest absolute Gasteiger partial charge is 0.306 e. The number of benzene rings is 1. The van der Waals surface area contributed by atoms with E-state index >= 15 is 0 Å². The van der Waals surface area contributed by atoms with Crippen LogP contribution >= 0.6 is 23.2 Å². The van der Waals surface area contributed by atoms with Crippen molar-refractivity contribution in [3.63, 3.8) is 0 Å². The van der Waals surface area contributed by atoms with Crippen LogP contribution in [0.5, 0.6) is 0 Å². The fourth-order valence-corrected chi connectivity index (χ4v) is 6.61. The summed E-state index contributed by atoms with van der Waals surface area (Å²) < 4.78 is 0. The number of carboxylic acid groups (broad SMARTS) is 1. The van der Waals surface area contributed by atoms with Gasteiger partial charge in [-0.1, -0.05) is 36.2 Å². The average molecular weight is 543 g/mol. The molecule has 2 aliphatic heterocycles. The first-order valence-electron chi connectivity index (χ1n) is 12.9. The molecule has 5 rings (SSSR count). The molecule has 2 aromatic rings. The average Bonchev–Trinajstić information content (AvgIpc) is 2.77. The number of hydrogen-bond acceptors (Lipinski definition) is 7. The van der Waals surface area contributed by atoms with Crippen molar-refractivity contribution < 1.29 is 9.90 Å². The highest BCUT2D eigenvalue weighted by Crippen LogP contribution is 2.45. The van der Waals surface area contributed by atoms with Crippen LogP contribution in [0.15, 0.2) is 24.4 Å². The number of likely N-dealkylation sites (tertiary alicyclic amines) is 1. The Morgan fingerprint density at radius 2 is 2.08 bits per heavy atom. The van der Waals surface area contributed by atoms with E-state index in [9.17, 15) is 15.2 Å². The number of piperidine rings is 1. The molecule has 2 saturated heterocycles. The molecule has 196 valence electrons. The lowest BCUT2D eigenvalue weighted by Crippen LogP contribution is -2.61. The Balaban J connectivity index is 1.23. The third kappa shape index (κ3) is 5.22. The Labute approximate surface area is 227 Å². The predicted octanol–water partition coefficient (Wildman–Crippen LogP) is 5.23. The normalized spacial score (nSPS) is 27.1. The number of nitrogens with zero attached hydrogens (tertiary/aromatic N) is 5. The van der Waals surface area contributed by atoms with Crippen molar-refractivity contribution in [1.82, 2.24) is 14.9 Å². The molecule has 1 saturated carbocycles. The number of carbonyl (C=O) groups is 1. The quantitative estimate of drug-likeness (QED) is 0.489. The van der Waals surface area contributed by atoms with Crippen molar-refractivity contribution in [3.8, 4) is 6.07 Å². The fourth-order valence-electron chi connectivity index (χ4n) is 6.03. The van der Waals surface area contributed by atoms with Crippen LogP contribution in [0, 0.1) is 28.6 Å². The SMILES string of the molecule is C[C@@H](Nc1cnc(C#N)c(N2CC([C@@]3(C)CCCN(C4CC(C(=O)O)C4)C3)C2)n1)c1ccc(Cl)cc1Cl. The molecule has 3 heterocycles. The number of aromatic nitrogens is 2. The lowest BCUT2D eigenvalue weighted by molar-refractivity contribution is -0.148. The van der Waals surface area contributed by atoms with Gasteiger partial charge in [0.1, 0.15) is 11.9 Å². The van der Waals surface area contributed by atoms with Crippen LogP contribution < -0.4 is 10.2 Å². The standard InChI is InChI=1S/C27H32Cl2N6O2/c1-16(21-5-4-19(28)10-22(21)29)32-24-12-31-23(11-30)25(33-24)35-13-18(14-35)27(2)6-3-7-34(15-27)20-8-17(9-20)26(36)37/h4-5,10,12,16-18,20H,3,6-9,13-15H2,1-2H3,(H,32,33)(H,36,37)/t16-,17?,20?,27+/m1/s1. The van der Waals surface area contributed by atoms with Gasteiger partial charge in [-0.2, -0.15) is 5.26 Å². The topological polar surface area (TPSA) is 105 Å². The number of carboxylic acids is 1. The summed E-state index contributed by atoms with van der Waals surface area (Å²) >= 11 is 12.4. The maximum Gasteiger partial charge on any atom is 0.306 e. The van der Waals surface area contributed by atoms with E-state index in [2.05, 4.69) is 33.1 Å². The minimum Gasteiger partial charge on any atom is -0.481 e. The highest BCUT2D eigenvalue weighted by molar-refractivity contribution is 6.35. The minimum atomic E-state index is -0.664. The largest absolute Gasteiger partial charge is 0.481 e. The number of nitriles is 1. The molecule has 0 bridgehead atoms. The van der Waals surface area contributed by atoms with Gasteiger partial charge in [0.05, 0.1) is 18.2 Å². The Hall–Kier alpha value is -2.60. The molecule has 2 atom stereocenters. The van der Waals surface area contributed by atoms with Crippen LogP contribution in [0.4, 0.5) is 11.6 Å². The Kier molecular flexibility index (Phi) is 7.23. The van der Waals surface area contributed by atoms with E-state index in [4.69, 9.17) is 28.2 Å². The van der Waals surface area contributed by atoms with E-state index in [0.717, 1.165) is 57.4 Å². The van der Waals surface area contributed by atoms with Gasteiger partial charge in [-0.15, -0.1) is 0 Å². The zero-order valence-electron chi connectivity index (χ0n) is 21.1. The molecule has 10 heteroatoms. The van der Waals surface area contributed by atoms with Gasteiger partial charge in [0.2, 0.25) is 0 Å². The van der Waals surface area contributed by atoms with Gasteiger partial charge in [0.15, 0.2) is 11.5 Å². The molecule has 2 N–H and O–H groups in total. The maximum absolute atomic E-state index is 11.2. The third-order valence-electron chi connectivity index (χ3n) is 8.56. The third-order valence-corrected chi connectivity index (χ3v) is 9.12.